The van der Waals surface area contributed by atoms with Crippen molar-refractivity contribution in [3.05, 3.63) is 77.7 Å². The quantitative estimate of drug-likeness (QED) is 0.706. The maximum Gasteiger partial charge on any atom is -0.00229 e. The van der Waals surface area contributed by atoms with Crippen molar-refractivity contribution in [1.82, 2.24) is 0 Å². The minimum absolute atomic E-state index is 1.02. The smallest absolute Gasteiger partial charge is 0.00229 e. The summed E-state index contributed by atoms with van der Waals surface area (Å²) in [7, 11) is 0. The van der Waals surface area contributed by atoms with Crippen molar-refractivity contribution in [2.75, 3.05) is 0 Å². The molecule has 0 N–H and O–H groups in total. The van der Waals surface area contributed by atoms with E-state index in [9.17, 15) is 0 Å². The molecule has 0 saturated heterocycles. The van der Waals surface area contributed by atoms with E-state index < -0.39 is 0 Å². The molecule has 0 nitrogen and oxygen atoms in total. The molecular formula is C16H17. The van der Waals surface area contributed by atoms with Crippen LogP contribution < -0.4 is 0 Å². The lowest BCUT2D eigenvalue weighted by molar-refractivity contribution is 1.08. The molecule has 0 aliphatic heterocycles. The predicted molar refractivity (Wildman–Crippen MR) is 69.4 cm³/mol. The third-order valence-electron chi connectivity index (χ3n) is 2.72. The van der Waals surface area contributed by atoms with Gasteiger partial charge in [-0.2, -0.15) is 0 Å². The van der Waals surface area contributed by atoms with E-state index in [2.05, 4.69) is 67.9 Å². The lowest BCUT2D eigenvalue weighted by Gasteiger charge is -2.08. The first-order valence-electron chi connectivity index (χ1n) is 5.85. The van der Waals surface area contributed by atoms with E-state index in [0.717, 1.165) is 12.8 Å². The maximum atomic E-state index is 2.29. The fraction of sp³-hybridized carbons (Fsp3) is 0.188. The normalized spacial score (nSPS) is 10.3. The topological polar surface area (TPSA) is 0 Å². The van der Waals surface area contributed by atoms with Crippen LogP contribution in [0.2, 0.25) is 0 Å². The Kier molecular flexibility index (Phi) is 3.76. The van der Waals surface area contributed by atoms with Crippen LogP contribution in [0.3, 0.4) is 0 Å². The molecule has 0 spiro atoms. The number of hydrogen-bond donors (Lipinski definition) is 0. The maximum absolute atomic E-state index is 2.29. The molecule has 1 radical (unpaired) electrons. The molecule has 0 fully saturated rings. The number of rotatable bonds is 4. The molecular weight excluding hydrogens is 192 g/mol. The van der Waals surface area contributed by atoms with Gasteiger partial charge in [-0.25, -0.2) is 0 Å². The van der Waals surface area contributed by atoms with Crippen molar-refractivity contribution >= 4 is 0 Å². The third-order valence-corrected chi connectivity index (χ3v) is 2.72. The van der Waals surface area contributed by atoms with Crippen molar-refractivity contribution in [3.63, 3.8) is 0 Å². The highest BCUT2D eigenvalue weighted by Gasteiger charge is 2.01. The molecule has 0 aromatic heterocycles. The number of benzene rings is 2. The Morgan fingerprint density at radius 2 is 1.56 bits per heavy atom. The Balaban J connectivity index is 2.21. The van der Waals surface area contributed by atoms with E-state index in [1.165, 1.54) is 16.7 Å². The first kappa shape index (κ1) is 10.9. The second-order valence-corrected chi connectivity index (χ2v) is 3.97. The van der Waals surface area contributed by atoms with Gasteiger partial charge in [0.05, 0.1) is 0 Å². The largest absolute Gasteiger partial charge is 0.0648 e. The van der Waals surface area contributed by atoms with Crippen molar-refractivity contribution in [1.29, 1.82) is 0 Å². The monoisotopic (exact) mass is 209 g/mol. The van der Waals surface area contributed by atoms with Gasteiger partial charge in [0.2, 0.25) is 0 Å². The van der Waals surface area contributed by atoms with Crippen LogP contribution in [0.15, 0.2) is 54.6 Å². The zero-order chi connectivity index (χ0) is 11.2. The molecule has 0 unspecified atom stereocenters. The second-order valence-electron chi connectivity index (χ2n) is 3.97. The lowest BCUT2D eigenvalue weighted by atomic mass is 9.97. The number of hydrogen-bond acceptors (Lipinski definition) is 0. The van der Waals surface area contributed by atoms with Crippen molar-refractivity contribution < 1.29 is 0 Å². The van der Waals surface area contributed by atoms with Gasteiger partial charge >= 0.3 is 0 Å². The van der Waals surface area contributed by atoms with Gasteiger partial charge in [-0.05, 0) is 36.0 Å². The highest BCUT2D eigenvalue weighted by atomic mass is 14.1. The van der Waals surface area contributed by atoms with Crippen LogP contribution in [0.4, 0.5) is 0 Å². The molecule has 16 heavy (non-hydrogen) atoms. The summed E-state index contributed by atoms with van der Waals surface area (Å²) in [6, 6.07) is 19.3. The van der Waals surface area contributed by atoms with Crippen molar-refractivity contribution in [2.24, 2.45) is 0 Å². The Labute approximate surface area is 97.9 Å². The summed E-state index contributed by atoms with van der Waals surface area (Å²) in [5.74, 6) is 0. The van der Waals surface area contributed by atoms with Crippen molar-refractivity contribution in [2.45, 2.75) is 19.8 Å². The van der Waals surface area contributed by atoms with Crippen LogP contribution in [-0.4, -0.2) is 0 Å². The molecule has 0 saturated carbocycles. The van der Waals surface area contributed by atoms with Gasteiger partial charge < -0.3 is 0 Å². The predicted octanol–water partition coefficient (Wildman–Crippen LogP) is 4.24. The van der Waals surface area contributed by atoms with Crippen LogP contribution in [0.25, 0.3) is 0 Å². The summed E-state index contributed by atoms with van der Waals surface area (Å²) in [5.41, 5.74) is 4.16. The summed E-state index contributed by atoms with van der Waals surface area (Å²) < 4.78 is 0. The fourth-order valence-electron chi connectivity index (χ4n) is 1.93. The Hall–Kier alpha value is -1.56. The van der Waals surface area contributed by atoms with Gasteiger partial charge in [0, 0.05) is 0 Å². The van der Waals surface area contributed by atoms with E-state index >= 15 is 0 Å². The van der Waals surface area contributed by atoms with E-state index in [1.807, 2.05) is 0 Å². The summed E-state index contributed by atoms with van der Waals surface area (Å²) in [6.45, 7) is 2.18. The summed E-state index contributed by atoms with van der Waals surface area (Å²) >= 11 is 0. The zero-order valence-corrected chi connectivity index (χ0v) is 9.69. The van der Waals surface area contributed by atoms with Crippen LogP contribution in [0.1, 0.15) is 30.0 Å². The molecule has 2 rings (SSSR count). The summed E-state index contributed by atoms with van der Waals surface area (Å²) in [5, 5.41) is 0. The fourth-order valence-corrected chi connectivity index (χ4v) is 1.93. The van der Waals surface area contributed by atoms with Gasteiger partial charge in [-0.1, -0.05) is 61.5 Å². The Morgan fingerprint density at radius 1 is 0.875 bits per heavy atom. The highest BCUT2D eigenvalue weighted by molar-refractivity contribution is 5.36. The van der Waals surface area contributed by atoms with Crippen LogP contribution in [0, 0.1) is 6.42 Å². The molecule has 0 atom stereocenters. The lowest BCUT2D eigenvalue weighted by Crippen LogP contribution is -1.93. The average molecular weight is 209 g/mol. The zero-order valence-electron chi connectivity index (χ0n) is 9.69. The van der Waals surface area contributed by atoms with Gasteiger partial charge in [0.25, 0.3) is 0 Å². The summed E-state index contributed by atoms with van der Waals surface area (Å²) in [6.07, 6.45) is 4.40. The van der Waals surface area contributed by atoms with E-state index in [0.29, 0.717) is 0 Å². The van der Waals surface area contributed by atoms with Crippen LogP contribution in [-0.2, 0) is 6.42 Å². The van der Waals surface area contributed by atoms with Gasteiger partial charge in [0.15, 0.2) is 0 Å². The van der Waals surface area contributed by atoms with Gasteiger partial charge in [-0.15, -0.1) is 0 Å². The molecule has 2 aromatic carbocycles. The van der Waals surface area contributed by atoms with E-state index in [-0.39, 0.29) is 0 Å². The first-order chi connectivity index (χ1) is 7.90. The molecule has 0 heterocycles. The van der Waals surface area contributed by atoms with Gasteiger partial charge in [-0.3, -0.25) is 0 Å². The SMILES string of the molecule is CC[CH]c1ccccc1Cc1ccccc1. The molecule has 0 aliphatic carbocycles. The Morgan fingerprint density at radius 3 is 2.31 bits per heavy atom. The van der Waals surface area contributed by atoms with Crippen LogP contribution in [0.5, 0.6) is 0 Å². The first-order valence-corrected chi connectivity index (χ1v) is 5.85. The molecule has 0 heteroatoms. The molecule has 81 valence electrons. The average Bonchev–Trinajstić information content (AvgIpc) is 2.33. The molecule has 0 aliphatic rings. The minimum atomic E-state index is 1.02. The highest BCUT2D eigenvalue weighted by Crippen LogP contribution is 2.16. The molecule has 0 bridgehead atoms. The standard InChI is InChI=1S/C16H17/c1-2-8-15-11-6-7-12-16(15)13-14-9-4-3-5-10-14/h3-12H,2,13H2,1H3. The van der Waals surface area contributed by atoms with Gasteiger partial charge in [0.1, 0.15) is 0 Å². The van der Waals surface area contributed by atoms with E-state index in [4.69, 9.17) is 0 Å². The van der Waals surface area contributed by atoms with E-state index in [1.54, 1.807) is 0 Å². The third kappa shape index (κ3) is 2.73. The summed E-state index contributed by atoms with van der Waals surface area (Å²) in [4.78, 5) is 0. The molecule has 2 aromatic rings. The minimum Gasteiger partial charge on any atom is -0.0648 e. The Bertz CT molecular complexity index is 429. The second kappa shape index (κ2) is 5.50. The van der Waals surface area contributed by atoms with Crippen LogP contribution >= 0.6 is 0 Å². The van der Waals surface area contributed by atoms with Crippen molar-refractivity contribution in [3.8, 4) is 0 Å². The molecule has 0 amide bonds.